The van der Waals surface area contributed by atoms with Crippen LogP contribution >= 0.6 is 0 Å². The van der Waals surface area contributed by atoms with Crippen molar-refractivity contribution >= 4 is 11.8 Å². The lowest BCUT2D eigenvalue weighted by molar-refractivity contribution is -0.136. The van der Waals surface area contributed by atoms with E-state index in [0.717, 1.165) is 42.9 Å². The van der Waals surface area contributed by atoms with Crippen molar-refractivity contribution in [3.8, 4) is 0 Å². The van der Waals surface area contributed by atoms with Gasteiger partial charge < -0.3 is 10.2 Å². The average molecular weight is 333 g/mol. The number of hydrogen-bond donors (Lipinski definition) is 2. The van der Waals surface area contributed by atoms with E-state index in [-0.39, 0.29) is 17.4 Å². The number of piperazine rings is 1. The van der Waals surface area contributed by atoms with Crippen molar-refractivity contribution in [1.29, 1.82) is 0 Å². The molecule has 132 valence electrons. The number of nitrogens with one attached hydrogen (secondary N) is 2. The van der Waals surface area contributed by atoms with Crippen molar-refractivity contribution in [2.24, 2.45) is 0 Å². The molecule has 2 N–H and O–H groups in total. The third kappa shape index (κ3) is 3.17. The maximum Gasteiger partial charge on any atom is 0.227 e. The summed E-state index contributed by atoms with van der Waals surface area (Å²) in [7, 11) is 2.11. The molecule has 3 rings (SSSR count). The zero-order valence-electron chi connectivity index (χ0n) is 14.8. The van der Waals surface area contributed by atoms with Gasteiger partial charge in [-0.3, -0.25) is 19.6 Å². The molecule has 0 aliphatic carbocycles. The summed E-state index contributed by atoms with van der Waals surface area (Å²) in [6.45, 7) is 6.87. The monoisotopic (exact) mass is 333 g/mol. The van der Waals surface area contributed by atoms with Gasteiger partial charge in [-0.2, -0.15) is 5.10 Å². The topological polar surface area (TPSA) is 81.3 Å². The number of nitrogens with zero attached hydrogens (tertiary/aromatic N) is 3. The minimum atomic E-state index is -0.0897. The first-order chi connectivity index (χ1) is 11.4. The molecule has 7 nitrogen and oxygen atoms in total. The number of H-pyrrole nitrogens is 1. The van der Waals surface area contributed by atoms with Crippen molar-refractivity contribution in [1.82, 2.24) is 25.3 Å². The minimum absolute atomic E-state index is 0.0897. The minimum Gasteiger partial charge on any atom is -0.356 e. The zero-order valence-corrected chi connectivity index (χ0v) is 14.8. The molecule has 0 radical (unpaired) electrons. The van der Waals surface area contributed by atoms with Gasteiger partial charge in [0.15, 0.2) is 0 Å². The van der Waals surface area contributed by atoms with Crippen molar-refractivity contribution in [3.05, 3.63) is 17.0 Å². The van der Waals surface area contributed by atoms with Gasteiger partial charge >= 0.3 is 0 Å². The van der Waals surface area contributed by atoms with E-state index < -0.39 is 0 Å². The first-order valence-corrected chi connectivity index (χ1v) is 8.67. The highest BCUT2D eigenvalue weighted by Gasteiger charge is 2.42. The summed E-state index contributed by atoms with van der Waals surface area (Å²) < 4.78 is 0. The molecule has 0 bridgehead atoms. The molecule has 3 heterocycles. The Morgan fingerprint density at radius 1 is 1.29 bits per heavy atom. The van der Waals surface area contributed by atoms with E-state index in [0.29, 0.717) is 25.9 Å². The van der Waals surface area contributed by atoms with Crippen LogP contribution in [0.2, 0.25) is 0 Å². The summed E-state index contributed by atoms with van der Waals surface area (Å²) in [5.74, 6) is 0.270. The third-order valence-corrected chi connectivity index (χ3v) is 5.69. The van der Waals surface area contributed by atoms with E-state index in [2.05, 4.69) is 27.5 Å². The van der Waals surface area contributed by atoms with Gasteiger partial charge in [0, 0.05) is 49.4 Å². The fraction of sp³-hybridized carbons (Fsp3) is 0.706. The number of carbonyl (C=O) groups excluding carboxylic acids is 2. The van der Waals surface area contributed by atoms with E-state index >= 15 is 0 Å². The highest BCUT2D eigenvalue weighted by Crippen LogP contribution is 2.30. The molecule has 2 saturated heterocycles. The molecule has 7 heteroatoms. The summed E-state index contributed by atoms with van der Waals surface area (Å²) in [6.07, 6.45) is 2.63. The van der Waals surface area contributed by atoms with Crippen LogP contribution in [0.3, 0.4) is 0 Å². The Morgan fingerprint density at radius 3 is 2.79 bits per heavy atom. The Bertz CT molecular complexity index is 621. The standard InChI is InChI=1S/C17H27N5O2/c1-12-14(13(2)20-19-12)10-16(24)22-9-8-21(3)17(11-22)5-4-15(23)18-7-6-17/h4-11H2,1-3H3,(H,18,23)(H,19,20). The van der Waals surface area contributed by atoms with E-state index in [9.17, 15) is 9.59 Å². The van der Waals surface area contributed by atoms with Crippen LogP contribution in [-0.4, -0.2) is 70.6 Å². The molecule has 1 spiro atoms. The quantitative estimate of drug-likeness (QED) is 0.820. The van der Waals surface area contributed by atoms with Crippen LogP contribution in [-0.2, 0) is 16.0 Å². The smallest absolute Gasteiger partial charge is 0.227 e. The fourth-order valence-corrected chi connectivity index (χ4v) is 3.91. The van der Waals surface area contributed by atoms with E-state index in [1.807, 2.05) is 18.7 Å². The van der Waals surface area contributed by atoms with Gasteiger partial charge in [-0.15, -0.1) is 0 Å². The van der Waals surface area contributed by atoms with Crippen LogP contribution in [0, 0.1) is 13.8 Å². The van der Waals surface area contributed by atoms with Gasteiger partial charge in [0.1, 0.15) is 0 Å². The normalized spacial score (nSPS) is 25.6. The molecule has 1 aromatic rings. The number of hydrogen-bond acceptors (Lipinski definition) is 4. The first-order valence-electron chi connectivity index (χ1n) is 8.67. The second-order valence-electron chi connectivity index (χ2n) is 7.15. The molecule has 1 aromatic heterocycles. The number of aryl methyl sites for hydroxylation is 2. The third-order valence-electron chi connectivity index (χ3n) is 5.69. The molecule has 1 atom stereocenters. The molecule has 2 amide bonds. The Balaban J connectivity index is 1.72. The number of rotatable bonds is 2. The maximum absolute atomic E-state index is 12.8. The number of aromatic amines is 1. The lowest BCUT2D eigenvalue weighted by Gasteiger charge is -2.49. The summed E-state index contributed by atoms with van der Waals surface area (Å²) in [5, 5.41) is 10.1. The zero-order chi connectivity index (χ0) is 17.3. The van der Waals surface area contributed by atoms with Crippen molar-refractivity contribution in [3.63, 3.8) is 0 Å². The van der Waals surface area contributed by atoms with Crippen LogP contribution in [0.15, 0.2) is 0 Å². The number of amides is 2. The van der Waals surface area contributed by atoms with Gasteiger partial charge in [-0.05, 0) is 33.7 Å². The molecule has 0 saturated carbocycles. The lowest BCUT2D eigenvalue weighted by atomic mass is 9.86. The van der Waals surface area contributed by atoms with E-state index in [1.165, 1.54) is 0 Å². The summed E-state index contributed by atoms with van der Waals surface area (Å²) in [6, 6.07) is 0. The number of carbonyl (C=O) groups is 2. The van der Waals surface area contributed by atoms with Gasteiger partial charge in [0.2, 0.25) is 11.8 Å². The number of aromatic nitrogens is 2. The van der Waals surface area contributed by atoms with E-state index in [1.54, 1.807) is 0 Å². The Labute approximate surface area is 142 Å². The van der Waals surface area contributed by atoms with Crippen molar-refractivity contribution in [2.45, 2.75) is 45.1 Å². The fourth-order valence-electron chi connectivity index (χ4n) is 3.91. The van der Waals surface area contributed by atoms with Crippen molar-refractivity contribution in [2.75, 3.05) is 33.2 Å². The summed E-state index contributed by atoms with van der Waals surface area (Å²) in [5.41, 5.74) is 2.78. The number of likely N-dealkylation sites (N-methyl/N-ethyl adjacent to an activating group) is 1. The molecular weight excluding hydrogens is 306 g/mol. The van der Waals surface area contributed by atoms with Gasteiger partial charge in [-0.25, -0.2) is 0 Å². The highest BCUT2D eigenvalue weighted by molar-refractivity contribution is 5.80. The lowest BCUT2D eigenvalue weighted by Crippen LogP contribution is -2.62. The van der Waals surface area contributed by atoms with E-state index in [4.69, 9.17) is 0 Å². The Hall–Kier alpha value is -1.89. The Morgan fingerprint density at radius 2 is 2.08 bits per heavy atom. The van der Waals surface area contributed by atoms with Crippen LogP contribution < -0.4 is 5.32 Å². The van der Waals surface area contributed by atoms with Crippen LogP contribution in [0.4, 0.5) is 0 Å². The molecule has 24 heavy (non-hydrogen) atoms. The van der Waals surface area contributed by atoms with Crippen LogP contribution in [0.1, 0.15) is 36.2 Å². The predicted octanol–water partition coefficient (Wildman–Crippen LogP) is 0.382. The maximum atomic E-state index is 12.8. The Kier molecular flexibility index (Phi) is 4.62. The molecule has 1 unspecified atom stereocenters. The molecule has 0 aromatic carbocycles. The predicted molar refractivity (Wildman–Crippen MR) is 90.6 cm³/mol. The average Bonchev–Trinajstić information content (AvgIpc) is 2.76. The van der Waals surface area contributed by atoms with Crippen LogP contribution in [0.25, 0.3) is 0 Å². The highest BCUT2D eigenvalue weighted by atomic mass is 16.2. The molecule has 2 aliphatic heterocycles. The summed E-state index contributed by atoms with van der Waals surface area (Å²) in [4.78, 5) is 28.8. The molecule has 2 fully saturated rings. The second-order valence-corrected chi connectivity index (χ2v) is 7.15. The summed E-state index contributed by atoms with van der Waals surface area (Å²) >= 11 is 0. The SMILES string of the molecule is Cc1n[nH]c(C)c1CC(=O)N1CCN(C)C2(CCNC(=O)CC2)C1. The van der Waals surface area contributed by atoms with Gasteiger partial charge in [0.25, 0.3) is 0 Å². The van der Waals surface area contributed by atoms with Crippen molar-refractivity contribution < 1.29 is 9.59 Å². The van der Waals surface area contributed by atoms with Crippen LogP contribution in [0.5, 0.6) is 0 Å². The largest absolute Gasteiger partial charge is 0.356 e. The second kappa shape index (κ2) is 6.55. The van der Waals surface area contributed by atoms with Gasteiger partial charge in [0.05, 0.1) is 12.1 Å². The van der Waals surface area contributed by atoms with Gasteiger partial charge in [-0.1, -0.05) is 0 Å². The first kappa shape index (κ1) is 17.0. The molecule has 2 aliphatic rings. The molecular formula is C17H27N5O2.